The van der Waals surface area contributed by atoms with E-state index in [1.54, 1.807) is 20.8 Å². The van der Waals surface area contributed by atoms with Gasteiger partial charge in [0, 0.05) is 11.9 Å². The predicted octanol–water partition coefficient (Wildman–Crippen LogP) is 1.18. The van der Waals surface area contributed by atoms with Crippen molar-refractivity contribution >= 4 is 5.90 Å². The van der Waals surface area contributed by atoms with E-state index in [1.165, 1.54) is 12.3 Å². The van der Waals surface area contributed by atoms with Crippen LogP contribution in [-0.4, -0.2) is 23.2 Å². The third kappa shape index (κ3) is 7.36. The van der Waals surface area contributed by atoms with Crippen LogP contribution in [0.4, 0.5) is 0 Å². The first-order valence-electron chi connectivity index (χ1n) is 4.33. The second-order valence-electron chi connectivity index (χ2n) is 3.65. The molecule has 80 valence electrons. The number of rotatable bonds is 4. The summed E-state index contributed by atoms with van der Waals surface area (Å²) in [7, 11) is 0. The summed E-state index contributed by atoms with van der Waals surface area (Å²) in [4.78, 5) is 3.92. The maximum Gasteiger partial charge on any atom is 0.212 e. The molecule has 0 aromatic heterocycles. The highest BCUT2D eigenvalue weighted by atomic mass is 16.5. The zero-order valence-electron chi connectivity index (χ0n) is 8.95. The second-order valence-corrected chi connectivity index (χ2v) is 3.65. The van der Waals surface area contributed by atoms with Gasteiger partial charge in [0.15, 0.2) is 0 Å². The van der Waals surface area contributed by atoms with E-state index in [2.05, 4.69) is 11.6 Å². The fourth-order valence-corrected chi connectivity index (χ4v) is 0.565. The molecule has 0 saturated carbocycles. The number of allylic oxidation sites excluding steroid dienone is 1. The SMILES string of the molecule is C=CC(=N/C=C(/C)N)OCC(C)(C)O. The Labute approximate surface area is 84.8 Å². The van der Waals surface area contributed by atoms with Gasteiger partial charge in [-0.2, -0.15) is 0 Å². The average Bonchev–Trinajstić information content (AvgIpc) is 2.02. The lowest BCUT2D eigenvalue weighted by molar-refractivity contribution is 0.0244. The maximum absolute atomic E-state index is 9.39. The highest BCUT2D eigenvalue weighted by Gasteiger charge is 2.13. The fourth-order valence-electron chi connectivity index (χ4n) is 0.565. The Bertz CT molecular complexity index is 245. The molecule has 0 aliphatic heterocycles. The first-order chi connectivity index (χ1) is 6.35. The number of ether oxygens (including phenoxy) is 1. The number of aliphatic imine (C=N–C) groups is 1. The van der Waals surface area contributed by atoms with Gasteiger partial charge in [-0.1, -0.05) is 6.58 Å². The molecule has 0 rings (SSSR count). The van der Waals surface area contributed by atoms with Crippen molar-refractivity contribution in [1.29, 1.82) is 0 Å². The molecule has 0 spiro atoms. The maximum atomic E-state index is 9.39. The van der Waals surface area contributed by atoms with Crippen LogP contribution in [0.25, 0.3) is 0 Å². The van der Waals surface area contributed by atoms with Crippen molar-refractivity contribution in [3.05, 3.63) is 24.6 Å². The van der Waals surface area contributed by atoms with Gasteiger partial charge in [0.05, 0.1) is 5.60 Å². The molecule has 0 amide bonds. The zero-order chi connectivity index (χ0) is 11.2. The van der Waals surface area contributed by atoms with Gasteiger partial charge in [-0.25, -0.2) is 4.99 Å². The number of hydrogen-bond acceptors (Lipinski definition) is 4. The quantitative estimate of drug-likeness (QED) is 0.526. The lowest BCUT2D eigenvalue weighted by Gasteiger charge is -2.17. The molecule has 0 unspecified atom stereocenters. The van der Waals surface area contributed by atoms with E-state index in [-0.39, 0.29) is 6.61 Å². The van der Waals surface area contributed by atoms with E-state index in [1.807, 2.05) is 0 Å². The van der Waals surface area contributed by atoms with Crippen LogP contribution >= 0.6 is 0 Å². The van der Waals surface area contributed by atoms with E-state index in [4.69, 9.17) is 10.5 Å². The van der Waals surface area contributed by atoms with Crippen molar-refractivity contribution in [3.8, 4) is 0 Å². The molecule has 0 aliphatic carbocycles. The molecule has 3 N–H and O–H groups in total. The lowest BCUT2D eigenvalue weighted by atomic mass is 10.2. The first-order valence-corrected chi connectivity index (χ1v) is 4.33. The Kier molecular flexibility index (Phi) is 4.94. The standard InChI is InChI=1S/C10H18N2O2/c1-5-9(12-6-8(2)11)14-7-10(3,4)13/h5-6,13H,1,7,11H2,2-4H3/b8-6-,12-9?. The summed E-state index contributed by atoms with van der Waals surface area (Å²) >= 11 is 0. The van der Waals surface area contributed by atoms with Crippen molar-refractivity contribution in [2.75, 3.05) is 6.61 Å². The second kappa shape index (κ2) is 5.44. The summed E-state index contributed by atoms with van der Waals surface area (Å²) in [5.41, 5.74) is 5.09. The summed E-state index contributed by atoms with van der Waals surface area (Å²) < 4.78 is 5.19. The highest BCUT2D eigenvalue weighted by Crippen LogP contribution is 2.02. The van der Waals surface area contributed by atoms with Crippen molar-refractivity contribution in [2.45, 2.75) is 26.4 Å². The molecule has 0 aromatic carbocycles. The van der Waals surface area contributed by atoms with Crippen LogP contribution in [0.2, 0.25) is 0 Å². The van der Waals surface area contributed by atoms with Gasteiger partial charge in [0.1, 0.15) is 6.61 Å². The summed E-state index contributed by atoms with van der Waals surface area (Å²) in [5.74, 6) is 0.344. The zero-order valence-corrected chi connectivity index (χ0v) is 8.95. The Balaban J connectivity index is 4.24. The summed E-state index contributed by atoms with van der Waals surface area (Å²) in [5, 5.41) is 9.39. The minimum Gasteiger partial charge on any atom is -0.475 e. The van der Waals surface area contributed by atoms with Gasteiger partial charge >= 0.3 is 0 Å². The summed E-state index contributed by atoms with van der Waals surface area (Å²) in [6.07, 6.45) is 2.94. The molecular formula is C10H18N2O2. The van der Waals surface area contributed by atoms with E-state index in [9.17, 15) is 5.11 Å². The molecule has 0 saturated heterocycles. The van der Waals surface area contributed by atoms with Gasteiger partial charge in [-0.3, -0.25) is 0 Å². The van der Waals surface area contributed by atoms with Gasteiger partial charge in [0.25, 0.3) is 0 Å². The smallest absolute Gasteiger partial charge is 0.212 e. The molecule has 0 aliphatic rings. The normalized spacial score (nSPS) is 14.0. The topological polar surface area (TPSA) is 67.8 Å². The minimum absolute atomic E-state index is 0.162. The van der Waals surface area contributed by atoms with Gasteiger partial charge < -0.3 is 15.6 Å². The monoisotopic (exact) mass is 198 g/mol. The molecule has 0 heterocycles. The van der Waals surface area contributed by atoms with Crippen molar-refractivity contribution in [3.63, 3.8) is 0 Å². The van der Waals surface area contributed by atoms with Gasteiger partial charge in [-0.05, 0) is 26.8 Å². The summed E-state index contributed by atoms with van der Waals surface area (Å²) in [6.45, 7) is 8.72. The molecule has 14 heavy (non-hydrogen) atoms. The molecular weight excluding hydrogens is 180 g/mol. The van der Waals surface area contributed by atoms with Crippen LogP contribution in [0.3, 0.4) is 0 Å². The molecule has 0 radical (unpaired) electrons. The molecule has 0 bridgehead atoms. The van der Waals surface area contributed by atoms with Crippen molar-refractivity contribution in [1.82, 2.24) is 0 Å². The number of nitrogens with zero attached hydrogens (tertiary/aromatic N) is 1. The third-order valence-corrected chi connectivity index (χ3v) is 1.14. The van der Waals surface area contributed by atoms with Crippen LogP contribution in [0.5, 0.6) is 0 Å². The molecule has 0 aromatic rings. The molecule has 0 atom stereocenters. The van der Waals surface area contributed by atoms with Gasteiger partial charge in [-0.15, -0.1) is 0 Å². The Morgan fingerprint density at radius 3 is 2.57 bits per heavy atom. The highest BCUT2D eigenvalue weighted by molar-refractivity contribution is 5.87. The van der Waals surface area contributed by atoms with Crippen LogP contribution in [0.1, 0.15) is 20.8 Å². The van der Waals surface area contributed by atoms with E-state index in [0.717, 1.165) is 0 Å². The Hall–Kier alpha value is -1.29. The van der Waals surface area contributed by atoms with Crippen LogP contribution < -0.4 is 5.73 Å². The fraction of sp³-hybridized carbons (Fsp3) is 0.500. The lowest BCUT2D eigenvalue weighted by Crippen LogP contribution is -2.27. The van der Waals surface area contributed by atoms with E-state index >= 15 is 0 Å². The van der Waals surface area contributed by atoms with Crippen molar-refractivity contribution in [2.24, 2.45) is 10.7 Å². The van der Waals surface area contributed by atoms with Crippen LogP contribution in [0.15, 0.2) is 29.5 Å². The van der Waals surface area contributed by atoms with Crippen molar-refractivity contribution < 1.29 is 9.84 Å². The van der Waals surface area contributed by atoms with E-state index < -0.39 is 5.60 Å². The molecule has 4 nitrogen and oxygen atoms in total. The van der Waals surface area contributed by atoms with Crippen LogP contribution in [0, 0.1) is 0 Å². The Morgan fingerprint density at radius 2 is 2.21 bits per heavy atom. The van der Waals surface area contributed by atoms with E-state index in [0.29, 0.717) is 11.6 Å². The molecule has 4 heteroatoms. The first kappa shape index (κ1) is 12.7. The minimum atomic E-state index is -0.884. The van der Waals surface area contributed by atoms with Crippen LogP contribution in [-0.2, 0) is 4.74 Å². The Morgan fingerprint density at radius 1 is 1.64 bits per heavy atom. The average molecular weight is 198 g/mol. The predicted molar refractivity (Wildman–Crippen MR) is 57.8 cm³/mol. The largest absolute Gasteiger partial charge is 0.475 e. The third-order valence-electron chi connectivity index (χ3n) is 1.14. The van der Waals surface area contributed by atoms with Gasteiger partial charge in [0.2, 0.25) is 5.90 Å². The number of aliphatic hydroxyl groups is 1. The number of hydrogen-bond donors (Lipinski definition) is 2. The molecule has 0 fully saturated rings. The summed E-state index contributed by atoms with van der Waals surface area (Å²) in [6, 6.07) is 0. The number of nitrogens with two attached hydrogens (primary N) is 1.